The third kappa shape index (κ3) is 45.0. The summed E-state index contributed by atoms with van der Waals surface area (Å²) in [6, 6.07) is 0. The van der Waals surface area contributed by atoms with E-state index in [0.717, 1.165) is 57.8 Å². The first-order chi connectivity index (χ1) is 29.3. The number of likely N-dealkylation sites (N-methyl/N-ethyl adjacent to an activating group) is 1. The Bertz CT molecular complexity index is 1210. The highest BCUT2D eigenvalue weighted by molar-refractivity contribution is 7.47. The lowest BCUT2D eigenvalue weighted by Crippen LogP contribution is -2.29. The van der Waals surface area contributed by atoms with Crippen LogP contribution >= 0.6 is 7.82 Å². The standard InChI is InChI=1S/C50H88NO8P/c1-4-6-8-10-12-14-16-18-20-22-23-24-25-27-29-31-33-35-37-39-41-43-50(53)59-48(47-58-60(54,55)57-45-44-51-3)46-56-49(52)42-40-38-36-34-32-30-28-26-21-19-17-15-13-11-9-7-5-2/h7,9,13,15,18-21,28,30,34,36,48,51H,4-6,8,10-12,14,16-17,22-27,29,31-33,35,37-47H2,1-3H3,(H,54,55)/b9-7-,15-13-,20-18-,21-19-,30-28-,36-34-. The van der Waals surface area contributed by atoms with Gasteiger partial charge in [0.1, 0.15) is 6.61 Å². The lowest BCUT2D eigenvalue weighted by Gasteiger charge is -2.20. The van der Waals surface area contributed by atoms with Crippen molar-refractivity contribution >= 4 is 19.8 Å². The average molecular weight is 862 g/mol. The van der Waals surface area contributed by atoms with E-state index in [1.165, 1.54) is 96.3 Å². The van der Waals surface area contributed by atoms with Gasteiger partial charge in [0, 0.05) is 19.4 Å². The molecule has 0 amide bonds. The molecule has 60 heavy (non-hydrogen) atoms. The number of hydrogen-bond donors (Lipinski definition) is 2. The van der Waals surface area contributed by atoms with Gasteiger partial charge in [0.15, 0.2) is 6.10 Å². The van der Waals surface area contributed by atoms with E-state index in [-0.39, 0.29) is 26.1 Å². The zero-order valence-corrected chi connectivity index (χ0v) is 39.3. The highest BCUT2D eigenvalue weighted by atomic mass is 31.2. The van der Waals surface area contributed by atoms with Gasteiger partial charge in [0.2, 0.25) is 0 Å². The van der Waals surface area contributed by atoms with Crippen molar-refractivity contribution in [3.63, 3.8) is 0 Å². The Morgan fingerprint density at radius 2 is 0.967 bits per heavy atom. The zero-order valence-electron chi connectivity index (χ0n) is 38.4. The molecule has 0 aliphatic heterocycles. The minimum absolute atomic E-state index is 0.0287. The molecule has 0 rings (SSSR count). The number of ether oxygens (including phenoxy) is 2. The topological polar surface area (TPSA) is 120 Å². The molecule has 0 aromatic heterocycles. The van der Waals surface area contributed by atoms with Crippen molar-refractivity contribution in [2.75, 3.05) is 33.4 Å². The predicted molar refractivity (Wildman–Crippen MR) is 252 cm³/mol. The van der Waals surface area contributed by atoms with Crippen LogP contribution < -0.4 is 5.32 Å². The van der Waals surface area contributed by atoms with Gasteiger partial charge >= 0.3 is 19.8 Å². The molecule has 0 aromatic rings. The lowest BCUT2D eigenvalue weighted by molar-refractivity contribution is -0.161. The number of rotatable bonds is 44. The number of unbranched alkanes of at least 4 members (excludes halogenated alkanes) is 18. The molecular weight excluding hydrogens is 774 g/mol. The minimum atomic E-state index is -4.37. The molecule has 2 N–H and O–H groups in total. The highest BCUT2D eigenvalue weighted by Gasteiger charge is 2.26. The molecule has 0 heterocycles. The maximum Gasteiger partial charge on any atom is 0.472 e. The van der Waals surface area contributed by atoms with Crippen molar-refractivity contribution in [1.29, 1.82) is 0 Å². The van der Waals surface area contributed by atoms with E-state index in [0.29, 0.717) is 19.4 Å². The summed E-state index contributed by atoms with van der Waals surface area (Å²) < 4.78 is 33.2. The number of esters is 2. The Morgan fingerprint density at radius 3 is 1.48 bits per heavy atom. The van der Waals surface area contributed by atoms with E-state index >= 15 is 0 Å². The minimum Gasteiger partial charge on any atom is -0.462 e. The Morgan fingerprint density at radius 1 is 0.533 bits per heavy atom. The first-order valence-electron chi connectivity index (χ1n) is 23.9. The number of carbonyl (C=O) groups excluding carboxylic acids is 2. The Hall–Kier alpha value is -2.55. The van der Waals surface area contributed by atoms with Crippen molar-refractivity contribution < 1.29 is 37.6 Å². The summed E-state index contributed by atoms with van der Waals surface area (Å²) in [5, 5.41) is 2.82. The lowest BCUT2D eigenvalue weighted by atomic mass is 10.0. The molecule has 0 aliphatic rings. The van der Waals surface area contributed by atoms with E-state index in [2.05, 4.69) is 92.1 Å². The largest absolute Gasteiger partial charge is 0.472 e. The van der Waals surface area contributed by atoms with Crippen molar-refractivity contribution in [2.24, 2.45) is 0 Å². The van der Waals surface area contributed by atoms with Crippen LogP contribution in [0.15, 0.2) is 72.9 Å². The molecule has 2 atom stereocenters. The molecule has 9 nitrogen and oxygen atoms in total. The van der Waals surface area contributed by atoms with Gasteiger partial charge in [0.05, 0.1) is 13.2 Å². The second-order valence-corrected chi connectivity index (χ2v) is 17.0. The van der Waals surface area contributed by atoms with Crippen molar-refractivity contribution in [3.05, 3.63) is 72.9 Å². The van der Waals surface area contributed by atoms with E-state index < -0.39 is 32.5 Å². The highest BCUT2D eigenvalue weighted by Crippen LogP contribution is 2.43. The molecule has 10 heteroatoms. The van der Waals surface area contributed by atoms with Crippen LogP contribution in [0.3, 0.4) is 0 Å². The second-order valence-electron chi connectivity index (χ2n) is 15.6. The maximum absolute atomic E-state index is 12.7. The van der Waals surface area contributed by atoms with Gasteiger partial charge < -0.3 is 19.7 Å². The van der Waals surface area contributed by atoms with Crippen LogP contribution in [-0.4, -0.2) is 56.3 Å². The van der Waals surface area contributed by atoms with Gasteiger partial charge in [-0.25, -0.2) is 4.57 Å². The summed E-state index contributed by atoms with van der Waals surface area (Å²) in [5.74, 6) is -0.877. The third-order valence-corrected chi connectivity index (χ3v) is 10.8. The number of nitrogens with one attached hydrogen (secondary N) is 1. The molecule has 0 aliphatic carbocycles. The van der Waals surface area contributed by atoms with Gasteiger partial charge in [-0.05, 0) is 84.1 Å². The zero-order chi connectivity index (χ0) is 43.9. The Balaban J connectivity index is 4.23. The van der Waals surface area contributed by atoms with E-state index in [9.17, 15) is 19.0 Å². The molecule has 346 valence electrons. The number of phosphoric acid groups is 1. The average Bonchev–Trinajstić information content (AvgIpc) is 3.23. The monoisotopic (exact) mass is 862 g/mol. The van der Waals surface area contributed by atoms with Crippen LogP contribution in [0.2, 0.25) is 0 Å². The molecule has 0 radical (unpaired) electrons. The van der Waals surface area contributed by atoms with E-state index in [1.807, 2.05) is 0 Å². The van der Waals surface area contributed by atoms with Crippen molar-refractivity contribution in [2.45, 2.75) is 200 Å². The smallest absolute Gasteiger partial charge is 0.462 e. The SMILES string of the molecule is CC/C=C\C/C=C\C/C=C\C/C=C\C/C=C\CCCC(=O)OCC(COP(=O)(O)OCCNC)OC(=O)CCCCCCCCCCCCC/C=C\CCCCCCCC. The van der Waals surface area contributed by atoms with Crippen molar-refractivity contribution in [3.8, 4) is 0 Å². The molecular formula is C50H88NO8P. The molecule has 2 unspecified atom stereocenters. The molecule has 0 saturated heterocycles. The number of allylic oxidation sites excluding steroid dienone is 12. The fraction of sp³-hybridized carbons (Fsp3) is 0.720. The van der Waals surface area contributed by atoms with Gasteiger partial charge in [0.25, 0.3) is 0 Å². The molecule has 0 bridgehead atoms. The van der Waals surface area contributed by atoms with Gasteiger partial charge in [-0.3, -0.25) is 18.6 Å². The third-order valence-electron chi connectivity index (χ3n) is 9.81. The van der Waals surface area contributed by atoms with Gasteiger partial charge in [-0.15, -0.1) is 0 Å². The summed E-state index contributed by atoms with van der Waals surface area (Å²) in [5.41, 5.74) is 0. The number of hydrogen-bond acceptors (Lipinski definition) is 8. The fourth-order valence-electron chi connectivity index (χ4n) is 6.23. The van der Waals surface area contributed by atoms with Crippen LogP contribution in [0.1, 0.15) is 194 Å². The molecule has 0 spiro atoms. The first-order valence-corrected chi connectivity index (χ1v) is 25.4. The second kappa shape index (κ2) is 46.0. The normalized spacial score (nSPS) is 13.9. The summed E-state index contributed by atoms with van der Waals surface area (Å²) in [7, 11) is -2.67. The van der Waals surface area contributed by atoms with E-state index in [4.69, 9.17) is 18.5 Å². The summed E-state index contributed by atoms with van der Waals surface area (Å²) in [6.45, 7) is 4.05. The quantitative estimate of drug-likeness (QED) is 0.0267. The van der Waals surface area contributed by atoms with Gasteiger partial charge in [-0.1, -0.05) is 177 Å². The van der Waals surface area contributed by atoms with Crippen LogP contribution in [0.25, 0.3) is 0 Å². The van der Waals surface area contributed by atoms with Crippen LogP contribution in [0.4, 0.5) is 0 Å². The summed E-state index contributed by atoms with van der Waals surface area (Å²) >= 11 is 0. The predicted octanol–water partition coefficient (Wildman–Crippen LogP) is 14.1. The summed E-state index contributed by atoms with van der Waals surface area (Å²) in [6.07, 6.45) is 55.3. The molecule has 0 aromatic carbocycles. The molecule has 0 fully saturated rings. The Kier molecular flexibility index (Phi) is 44.0. The maximum atomic E-state index is 12.7. The number of carbonyl (C=O) groups is 2. The van der Waals surface area contributed by atoms with Crippen molar-refractivity contribution in [1.82, 2.24) is 5.32 Å². The van der Waals surface area contributed by atoms with Gasteiger partial charge in [-0.2, -0.15) is 0 Å². The first kappa shape index (κ1) is 57.4. The summed E-state index contributed by atoms with van der Waals surface area (Å²) in [4.78, 5) is 35.1. The fourth-order valence-corrected chi connectivity index (χ4v) is 6.98. The molecule has 0 saturated carbocycles. The van der Waals surface area contributed by atoms with E-state index in [1.54, 1.807) is 7.05 Å². The van der Waals surface area contributed by atoms with Crippen LogP contribution in [0.5, 0.6) is 0 Å². The van der Waals surface area contributed by atoms with Crippen LogP contribution in [-0.2, 0) is 32.7 Å². The number of phosphoric ester groups is 1. The van der Waals surface area contributed by atoms with Crippen LogP contribution in [0, 0.1) is 0 Å². The Labute approximate surface area is 367 Å².